The molecule has 0 fully saturated rings. The van der Waals surface area contributed by atoms with Gasteiger partial charge in [0.1, 0.15) is 5.82 Å². The van der Waals surface area contributed by atoms with Crippen molar-refractivity contribution in [2.45, 2.75) is 20.0 Å². The number of aromatic nitrogens is 2. The third-order valence-electron chi connectivity index (χ3n) is 4.01. The number of benzene rings is 1. The number of nitrogens with zero attached hydrogens (tertiary/aromatic N) is 2. The molecule has 0 spiro atoms. The predicted octanol–water partition coefficient (Wildman–Crippen LogP) is 3.41. The zero-order valence-corrected chi connectivity index (χ0v) is 13.5. The van der Waals surface area contributed by atoms with Gasteiger partial charge >= 0.3 is 0 Å². The number of fused-ring (bicyclic) bond motifs is 1. The lowest BCUT2D eigenvalue weighted by Crippen LogP contribution is -2.14. The number of hydrogen-bond acceptors (Lipinski definition) is 3. The van der Waals surface area contributed by atoms with Crippen molar-refractivity contribution in [1.29, 1.82) is 0 Å². The van der Waals surface area contributed by atoms with Crippen molar-refractivity contribution < 1.29 is 0 Å². The second-order valence-corrected chi connectivity index (χ2v) is 5.91. The molecule has 0 saturated carbocycles. The third kappa shape index (κ3) is 2.80. The molecule has 0 aliphatic carbocycles. The summed E-state index contributed by atoms with van der Waals surface area (Å²) in [7, 11) is 2.09. The average Bonchev–Trinajstić information content (AvgIpc) is 2.77. The van der Waals surface area contributed by atoms with Crippen molar-refractivity contribution in [1.82, 2.24) is 14.9 Å². The normalized spacial score (nSPS) is 11.2. The van der Waals surface area contributed by atoms with Gasteiger partial charge in [0.15, 0.2) is 0 Å². The molecule has 4 nitrogen and oxygen atoms in total. The Morgan fingerprint density at radius 1 is 1.23 bits per heavy atom. The predicted molar refractivity (Wildman–Crippen MR) is 91.9 cm³/mol. The van der Waals surface area contributed by atoms with Crippen LogP contribution in [-0.2, 0) is 20.1 Å². The molecule has 0 radical (unpaired) electrons. The van der Waals surface area contributed by atoms with Crippen LogP contribution in [-0.4, -0.2) is 9.55 Å². The van der Waals surface area contributed by atoms with Gasteiger partial charge in [0, 0.05) is 48.5 Å². The van der Waals surface area contributed by atoms with Gasteiger partial charge in [0.2, 0.25) is 0 Å². The maximum Gasteiger partial charge on any atom is 0.129 e. The molecule has 0 bridgehead atoms. The lowest BCUT2D eigenvalue weighted by molar-refractivity contribution is 0.693. The number of nitrogen functional groups attached to an aromatic ring is 1. The Bertz CT molecular complexity index is 803. The maximum absolute atomic E-state index is 6.15. The van der Waals surface area contributed by atoms with E-state index in [1.54, 1.807) is 12.3 Å². The van der Waals surface area contributed by atoms with E-state index in [0.29, 0.717) is 17.4 Å². The Morgan fingerprint density at radius 2 is 2.05 bits per heavy atom. The fraction of sp³-hybridized carbons (Fsp3) is 0.235. The lowest BCUT2D eigenvalue weighted by Gasteiger charge is -2.09. The maximum atomic E-state index is 6.15. The number of nitrogens with one attached hydrogen (secondary N) is 1. The highest BCUT2D eigenvalue weighted by Crippen LogP contribution is 2.21. The highest BCUT2D eigenvalue weighted by molar-refractivity contribution is 6.31. The minimum absolute atomic E-state index is 0.481. The Hall–Kier alpha value is -2.04. The first-order valence-corrected chi connectivity index (χ1v) is 7.58. The van der Waals surface area contributed by atoms with Crippen LogP contribution < -0.4 is 11.1 Å². The number of halogens is 1. The van der Waals surface area contributed by atoms with Gasteiger partial charge in [-0.25, -0.2) is 4.98 Å². The molecule has 5 heteroatoms. The first-order chi connectivity index (χ1) is 10.6. The second-order valence-electron chi connectivity index (χ2n) is 5.50. The van der Waals surface area contributed by atoms with Crippen LogP contribution in [0.2, 0.25) is 5.02 Å². The van der Waals surface area contributed by atoms with Crippen LogP contribution in [0.5, 0.6) is 0 Å². The summed E-state index contributed by atoms with van der Waals surface area (Å²) in [6, 6.07) is 10.5. The van der Waals surface area contributed by atoms with Crippen LogP contribution in [0.3, 0.4) is 0 Å². The number of rotatable bonds is 4. The summed E-state index contributed by atoms with van der Waals surface area (Å²) in [5, 5.41) is 5.28. The van der Waals surface area contributed by atoms with Gasteiger partial charge in [-0.2, -0.15) is 0 Å². The summed E-state index contributed by atoms with van der Waals surface area (Å²) in [6.45, 7) is 3.48. The van der Waals surface area contributed by atoms with E-state index in [1.807, 2.05) is 0 Å². The van der Waals surface area contributed by atoms with E-state index in [1.165, 1.54) is 22.2 Å². The Balaban J connectivity index is 1.72. The third-order valence-corrected chi connectivity index (χ3v) is 4.36. The van der Waals surface area contributed by atoms with Gasteiger partial charge < -0.3 is 15.6 Å². The highest BCUT2D eigenvalue weighted by atomic mass is 35.5. The summed E-state index contributed by atoms with van der Waals surface area (Å²) in [5.74, 6) is 0.481. The molecule has 0 saturated heterocycles. The Kier molecular flexibility index (Phi) is 4.05. The van der Waals surface area contributed by atoms with Gasteiger partial charge in [0.25, 0.3) is 0 Å². The van der Waals surface area contributed by atoms with E-state index in [4.69, 9.17) is 17.3 Å². The first-order valence-electron chi connectivity index (χ1n) is 7.21. The van der Waals surface area contributed by atoms with Crippen LogP contribution in [0.25, 0.3) is 10.9 Å². The van der Waals surface area contributed by atoms with Crippen molar-refractivity contribution in [2.24, 2.45) is 7.05 Å². The smallest absolute Gasteiger partial charge is 0.129 e. The molecule has 3 aromatic rings. The molecule has 1 aromatic carbocycles. The molecule has 3 rings (SSSR count). The standard InChI is InChI=1S/C17H19ClN4/c1-11-7-13-8-12(3-4-16(13)22(11)2)9-20-10-14-15(18)5-6-21-17(14)19/h3-8,20H,9-10H2,1-2H3,(H2,19,21). The topological polar surface area (TPSA) is 55.9 Å². The average molecular weight is 315 g/mol. The molecule has 0 amide bonds. The minimum atomic E-state index is 0.481. The van der Waals surface area contributed by atoms with E-state index in [0.717, 1.165) is 12.1 Å². The van der Waals surface area contributed by atoms with Crippen molar-refractivity contribution in [3.8, 4) is 0 Å². The number of aryl methyl sites for hydroxylation is 2. The van der Waals surface area contributed by atoms with Gasteiger partial charge in [-0.05, 0) is 36.8 Å². The van der Waals surface area contributed by atoms with Crippen molar-refractivity contribution in [3.63, 3.8) is 0 Å². The van der Waals surface area contributed by atoms with Crippen LogP contribution in [0.4, 0.5) is 5.82 Å². The number of nitrogens with two attached hydrogens (primary N) is 1. The first kappa shape index (κ1) is 14.9. The summed E-state index contributed by atoms with van der Waals surface area (Å²) in [4.78, 5) is 4.07. The van der Waals surface area contributed by atoms with Crippen LogP contribution in [0, 0.1) is 6.92 Å². The molecule has 114 valence electrons. The van der Waals surface area contributed by atoms with Gasteiger partial charge in [-0.1, -0.05) is 17.7 Å². The Labute approximate surface area is 134 Å². The summed E-state index contributed by atoms with van der Waals surface area (Å²) < 4.78 is 2.20. The summed E-state index contributed by atoms with van der Waals surface area (Å²) in [6.07, 6.45) is 1.62. The second kappa shape index (κ2) is 5.99. The molecule has 0 aliphatic rings. The molecule has 0 atom stereocenters. The van der Waals surface area contributed by atoms with Gasteiger partial charge in [-0.15, -0.1) is 0 Å². The van der Waals surface area contributed by atoms with Crippen LogP contribution in [0.1, 0.15) is 16.8 Å². The summed E-state index contributed by atoms with van der Waals surface area (Å²) >= 11 is 6.15. The van der Waals surface area contributed by atoms with Crippen LogP contribution >= 0.6 is 11.6 Å². The largest absolute Gasteiger partial charge is 0.383 e. The zero-order chi connectivity index (χ0) is 15.7. The molecule has 0 unspecified atom stereocenters. The van der Waals surface area contributed by atoms with E-state index < -0.39 is 0 Å². The molecule has 2 aromatic heterocycles. The number of hydrogen-bond donors (Lipinski definition) is 2. The SMILES string of the molecule is Cc1cc2cc(CNCc3c(Cl)ccnc3N)ccc2n1C. The van der Waals surface area contributed by atoms with E-state index >= 15 is 0 Å². The number of pyridine rings is 1. The molecule has 0 aliphatic heterocycles. The molecular weight excluding hydrogens is 296 g/mol. The van der Waals surface area contributed by atoms with Crippen LogP contribution in [0.15, 0.2) is 36.5 Å². The zero-order valence-electron chi connectivity index (χ0n) is 12.7. The van der Waals surface area contributed by atoms with Gasteiger partial charge in [-0.3, -0.25) is 0 Å². The quantitative estimate of drug-likeness (QED) is 0.776. The molecule has 2 heterocycles. The van der Waals surface area contributed by atoms with E-state index in [-0.39, 0.29) is 0 Å². The summed E-state index contributed by atoms with van der Waals surface area (Å²) in [5.41, 5.74) is 10.4. The monoisotopic (exact) mass is 314 g/mol. The van der Waals surface area contributed by atoms with E-state index in [2.05, 4.69) is 53.1 Å². The Morgan fingerprint density at radius 3 is 2.82 bits per heavy atom. The van der Waals surface area contributed by atoms with Crippen molar-refractivity contribution in [2.75, 3.05) is 5.73 Å². The fourth-order valence-electron chi connectivity index (χ4n) is 2.64. The molecule has 3 N–H and O–H groups in total. The number of anilines is 1. The van der Waals surface area contributed by atoms with E-state index in [9.17, 15) is 0 Å². The molecule has 22 heavy (non-hydrogen) atoms. The van der Waals surface area contributed by atoms with Gasteiger partial charge in [0.05, 0.1) is 5.02 Å². The molecular formula is C17H19ClN4. The van der Waals surface area contributed by atoms with Crippen molar-refractivity contribution >= 4 is 28.3 Å². The lowest BCUT2D eigenvalue weighted by atomic mass is 10.1. The minimum Gasteiger partial charge on any atom is -0.383 e. The highest BCUT2D eigenvalue weighted by Gasteiger charge is 2.06. The fourth-order valence-corrected chi connectivity index (χ4v) is 2.86. The van der Waals surface area contributed by atoms with Crippen molar-refractivity contribution in [3.05, 3.63) is 58.4 Å².